The highest BCUT2D eigenvalue weighted by atomic mass is 32.2. The molecule has 126 valence electrons. The third-order valence-electron chi connectivity index (χ3n) is 3.68. The highest BCUT2D eigenvalue weighted by Crippen LogP contribution is 2.20. The molecule has 2 rings (SSSR count). The summed E-state index contributed by atoms with van der Waals surface area (Å²) < 4.78 is 6.34. The Morgan fingerprint density at radius 1 is 1.12 bits per heavy atom. The zero-order valence-corrected chi connectivity index (χ0v) is 15.2. The fraction of sp³-hybridized carbons (Fsp3) is 0.211. The maximum atomic E-state index is 4.49. The van der Waals surface area contributed by atoms with Gasteiger partial charge in [0.25, 0.3) is 0 Å². The van der Waals surface area contributed by atoms with E-state index in [1.165, 1.54) is 17.7 Å². The highest BCUT2D eigenvalue weighted by molar-refractivity contribution is 7.95. The first-order chi connectivity index (χ1) is 11.7. The van der Waals surface area contributed by atoms with E-state index in [-0.39, 0.29) is 6.04 Å². The van der Waals surface area contributed by atoms with E-state index in [9.17, 15) is 0 Å². The van der Waals surface area contributed by atoms with Crippen LogP contribution in [0, 0.1) is 0 Å². The van der Waals surface area contributed by atoms with E-state index < -0.39 is 0 Å². The van der Waals surface area contributed by atoms with Crippen LogP contribution in [0.4, 0.5) is 0 Å². The van der Waals surface area contributed by atoms with Crippen molar-refractivity contribution >= 4 is 23.9 Å². The van der Waals surface area contributed by atoms with Crippen LogP contribution in [0.5, 0.6) is 0 Å². The fourth-order valence-corrected chi connectivity index (χ4v) is 2.86. The minimum absolute atomic E-state index is 0.252. The molecule has 3 N–H and O–H groups in total. The monoisotopic (exact) mass is 340 g/mol. The lowest BCUT2D eigenvalue weighted by atomic mass is 9.96. The van der Waals surface area contributed by atoms with Gasteiger partial charge in [-0.1, -0.05) is 61.2 Å². The molecule has 4 nitrogen and oxygen atoms in total. The van der Waals surface area contributed by atoms with Crippen LogP contribution in [0.25, 0.3) is 6.08 Å². The molecule has 1 atom stereocenters. The first-order valence-electron chi connectivity index (χ1n) is 7.86. The van der Waals surface area contributed by atoms with Gasteiger partial charge in [-0.2, -0.15) is 5.10 Å². The van der Waals surface area contributed by atoms with Crippen LogP contribution in [0.15, 0.2) is 60.2 Å². The second kappa shape index (κ2) is 9.27. The summed E-state index contributed by atoms with van der Waals surface area (Å²) in [7, 11) is 3.71. The second-order valence-electron chi connectivity index (χ2n) is 5.24. The molecule has 0 amide bonds. The van der Waals surface area contributed by atoms with Crippen molar-refractivity contribution in [2.75, 3.05) is 14.1 Å². The minimum Gasteiger partial charge on any atom is -0.313 e. The first-order valence-corrected chi connectivity index (χ1v) is 8.67. The van der Waals surface area contributed by atoms with Crippen LogP contribution in [0.2, 0.25) is 0 Å². The average molecular weight is 340 g/mol. The Balaban J connectivity index is 2.33. The quantitative estimate of drug-likeness (QED) is 0.389. The van der Waals surface area contributed by atoms with Gasteiger partial charge in [-0.3, -0.25) is 4.72 Å². The molecule has 0 radical (unpaired) electrons. The maximum absolute atomic E-state index is 4.49. The van der Waals surface area contributed by atoms with Crippen LogP contribution in [0.3, 0.4) is 0 Å². The van der Waals surface area contributed by atoms with Gasteiger partial charge in [-0.25, -0.2) is 4.72 Å². The first kappa shape index (κ1) is 18.3. The average Bonchev–Trinajstić information content (AvgIpc) is 2.64. The fourth-order valence-electron chi connectivity index (χ4n) is 2.43. The summed E-state index contributed by atoms with van der Waals surface area (Å²) in [5, 5.41) is 4.49. The smallest absolute Gasteiger partial charge is 0.0979 e. The lowest BCUT2D eigenvalue weighted by Gasteiger charge is -2.14. The zero-order valence-electron chi connectivity index (χ0n) is 14.3. The van der Waals surface area contributed by atoms with Crippen molar-refractivity contribution in [1.82, 2.24) is 14.9 Å². The molecule has 2 aromatic rings. The van der Waals surface area contributed by atoms with Gasteiger partial charge in [0, 0.05) is 36.4 Å². The number of nitrogens with zero attached hydrogens (tertiary/aromatic N) is 1. The number of nitrogens with one attached hydrogen (secondary N) is 3. The summed E-state index contributed by atoms with van der Waals surface area (Å²) in [4.78, 5) is 0. The van der Waals surface area contributed by atoms with E-state index in [1.54, 1.807) is 0 Å². The van der Waals surface area contributed by atoms with Gasteiger partial charge in [0.2, 0.25) is 0 Å². The van der Waals surface area contributed by atoms with Crippen LogP contribution < -0.4 is 14.9 Å². The molecule has 0 spiro atoms. The summed E-state index contributed by atoms with van der Waals surface area (Å²) in [5.41, 5.74) is 8.24. The molecular weight excluding hydrogens is 316 g/mol. The SMILES string of the molecule is C=Cc1ccccc1/C(=N\NC)c1ccc(C(C)NSNC)cc1. The summed E-state index contributed by atoms with van der Waals surface area (Å²) in [6.07, 6.45) is 1.86. The molecule has 1 unspecified atom stereocenters. The molecule has 24 heavy (non-hydrogen) atoms. The van der Waals surface area contributed by atoms with Crippen molar-refractivity contribution in [3.8, 4) is 0 Å². The van der Waals surface area contributed by atoms with Crippen molar-refractivity contribution in [3.63, 3.8) is 0 Å². The van der Waals surface area contributed by atoms with Gasteiger partial charge < -0.3 is 5.43 Å². The van der Waals surface area contributed by atoms with Crippen molar-refractivity contribution in [1.29, 1.82) is 0 Å². The van der Waals surface area contributed by atoms with Crippen LogP contribution in [-0.2, 0) is 0 Å². The minimum atomic E-state index is 0.252. The molecule has 0 saturated carbocycles. The molecule has 0 aliphatic rings. The number of benzene rings is 2. The van der Waals surface area contributed by atoms with Crippen LogP contribution >= 0.6 is 12.1 Å². The number of rotatable bonds is 8. The molecule has 0 heterocycles. The molecule has 0 aliphatic heterocycles. The zero-order chi connectivity index (χ0) is 17.4. The molecular formula is C19H24N4S. The summed E-state index contributed by atoms with van der Waals surface area (Å²) >= 11 is 1.49. The molecule has 0 fully saturated rings. The standard InChI is InChI=1S/C19H24N4S/c1-5-15-8-6-7-9-18(15)19(22-20-3)17-12-10-16(11-13-17)14(2)23-24-21-4/h5-14,20-21,23H,1H2,2-4H3/b22-19-. The Morgan fingerprint density at radius 3 is 2.46 bits per heavy atom. The van der Waals surface area contributed by atoms with E-state index >= 15 is 0 Å². The van der Waals surface area contributed by atoms with Gasteiger partial charge in [0.05, 0.1) is 5.71 Å². The van der Waals surface area contributed by atoms with E-state index in [4.69, 9.17) is 0 Å². The van der Waals surface area contributed by atoms with E-state index in [2.05, 4.69) is 63.8 Å². The van der Waals surface area contributed by atoms with Crippen molar-refractivity contribution < 1.29 is 0 Å². The number of hydrazone groups is 1. The molecule has 5 heteroatoms. The van der Waals surface area contributed by atoms with E-state index in [0.717, 1.165) is 22.4 Å². The van der Waals surface area contributed by atoms with Crippen molar-refractivity contribution in [3.05, 3.63) is 77.4 Å². The normalized spacial score (nSPS) is 12.7. The second-order valence-corrected chi connectivity index (χ2v) is 6.09. The molecule has 0 saturated heterocycles. The Labute approximate surface area is 148 Å². The predicted octanol–water partition coefficient (Wildman–Crippen LogP) is 3.73. The van der Waals surface area contributed by atoms with Gasteiger partial charge in [-0.05, 0) is 25.1 Å². The highest BCUT2D eigenvalue weighted by Gasteiger charge is 2.11. The van der Waals surface area contributed by atoms with Crippen molar-refractivity contribution in [2.45, 2.75) is 13.0 Å². The Bertz CT molecular complexity index is 695. The van der Waals surface area contributed by atoms with E-state index in [0.29, 0.717) is 0 Å². The summed E-state index contributed by atoms with van der Waals surface area (Å²) in [5.74, 6) is 0. The van der Waals surface area contributed by atoms with Gasteiger partial charge >= 0.3 is 0 Å². The Hall–Kier alpha value is -2.08. The number of hydrogen-bond acceptors (Lipinski definition) is 5. The molecule has 0 bridgehead atoms. The third-order valence-corrected chi connectivity index (χ3v) is 4.36. The lowest BCUT2D eigenvalue weighted by molar-refractivity contribution is 0.751. The van der Waals surface area contributed by atoms with Crippen molar-refractivity contribution in [2.24, 2.45) is 5.10 Å². The topological polar surface area (TPSA) is 48.5 Å². The van der Waals surface area contributed by atoms with Crippen LogP contribution in [0.1, 0.15) is 35.2 Å². The predicted molar refractivity (Wildman–Crippen MR) is 106 cm³/mol. The lowest BCUT2D eigenvalue weighted by Crippen LogP contribution is -2.15. The van der Waals surface area contributed by atoms with Gasteiger partial charge in [-0.15, -0.1) is 0 Å². The van der Waals surface area contributed by atoms with E-state index in [1.807, 2.05) is 38.4 Å². The molecule has 0 aromatic heterocycles. The Kier molecular flexibility index (Phi) is 7.06. The largest absolute Gasteiger partial charge is 0.313 e. The Morgan fingerprint density at radius 2 is 1.83 bits per heavy atom. The maximum Gasteiger partial charge on any atom is 0.0979 e. The molecule has 0 aliphatic carbocycles. The summed E-state index contributed by atoms with van der Waals surface area (Å²) in [6, 6.07) is 16.9. The van der Waals surface area contributed by atoms with Crippen LogP contribution in [-0.4, -0.2) is 19.8 Å². The van der Waals surface area contributed by atoms with Gasteiger partial charge in [0.1, 0.15) is 0 Å². The molecule has 2 aromatic carbocycles. The third kappa shape index (κ3) is 4.47. The number of hydrogen-bond donors (Lipinski definition) is 3. The summed E-state index contributed by atoms with van der Waals surface area (Å²) in [6.45, 7) is 6.04. The van der Waals surface area contributed by atoms with Gasteiger partial charge in [0.15, 0.2) is 0 Å².